The molecule has 3 N–H and O–H groups in total. The van der Waals surface area contributed by atoms with Crippen LogP contribution in [0.5, 0.6) is 5.75 Å². The van der Waals surface area contributed by atoms with Gasteiger partial charge in [-0.15, -0.1) is 0 Å². The van der Waals surface area contributed by atoms with Crippen LogP contribution < -0.4 is 10.6 Å². The van der Waals surface area contributed by atoms with E-state index in [1.807, 2.05) is 13.8 Å². The van der Waals surface area contributed by atoms with Gasteiger partial charge in [0.05, 0.1) is 0 Å². The number of rotatable bonds is 12. The molecule has 0 radical (unpaired) electrons. The lowest BCUT2D eigenvalue weighted by Crippen LogP contribution is -2.56. The molecule has 3 amide bonds. The molecule has 0 bridgehead atoms. The molecule has 0 saturated heterocycles. The third kappa shape index (κ3) is 9.28. The van der Waals surface area contributed by atoms with Crippen LogP contribution in [0.15, 0.2) is 18.2 Å². The van der Waals surface area contributed by atoms with Crippen molar-refractivity contribution in [3.05, 3.63) is 29.3 Å². The molecule has 1 rings (SSSR count). The first-order valence-electron chi connectivity index (χ1n) is 12.4. The molecular weight excluding hydrogens is 466 g/mol. The molecule has 0 saturated carbocycles. The van der Waals surface area contributed by atoms with Crippen LogP contribution in [-0.2, 0) is 14.3 Å². The lowest BCUT2D eigenvalue weighted by Gasteiger charge is -2.38. The van der Waals surface area contributed by atoms with E-state index in [4.69, 9.17) is 4.74 Å². The van der Waals surface area contributed by atoms with Gasteiger partial charge in [-0.05, 0) is 53.0 Å². The quantitative estimate of drug-likeness (QED) is 0.245. The summed E-state index contributed by atoms with van der Waals surface area (Å²) >= 11 is 4.29. The number of para-hydroxylation sites is 1. The number of amides is 3. The Morgan fingerprint density at radius 3 is 2.37 bits per heavy atom. The van der Waals surface area contributed by atoms with E-state index in [0.717, 1.165) is 19.3 Å². The molecule has 9 heteroatoms. The van der Waals surface area contributed by atoms with E-state index >= 15 is 0 Å². The number of benzene rings is 1. The summed E-state index contributed by atoms with van der Waals surface area (Å²) in [6.45, 7) is 13.2. The fourth-order valence-corrected chi connectivity index (χ4v) is 3.86. The number of nitrogens with one attached hydrogen (secondary N) is 2. The highest BCUT2D eigenvalue weighted by Gasteiger charge is 2.39. The number of phenols is 1. The maximum absolute atomic E-state index is 13.8. The average molecular weight is 510 g/mol. The van der Waals surface area contributed by atoms with E-state index in [-0.39, 0.29) is 23.5 Å². The lowest BCUT2D eigenvalue weighted by molar-refractivity contribution is -0.144. The van der Waals surface area contributed by atoms with Crippen LogP contribution >= 0.6 is 12.6 Å². The van der Waals surface area contributed by atoms with Gasteiger partial charge in [0.2, 0.25) is 11.8 Å². The van der Waals surface area contributed by atoms with E-state index in [9.17, 15) is 19.5 Å². The summed E-state index contributed by atoms with van der Waals surface area (Å²) in [6, 6.07) is 2.67. The Bertz CT molecular complexity index is 856. The molecule has 0 aliphatic heterocycles. The number of hydrogen-bond acceptors (Lipinski definition) is 6. The highest BCUT2D eigenvalue weighted by Crippen LogP contribution is 2.34. The van der Waals surface area contributed by atoms with E-state index in [0.29, 0.717) is 24.1 Å². The number of ether oxygens (including phenoxy) is 1. The first kappa shape index (κ1) is 30.6. The third-order valence-electron chi connectivity index (χ3n) is 5.66. The molecule has 0 spiro atoms. The maximum atomic E-state index is 13.8. The van der Waals surface area contributed by atoms with Gasteiger partial charge < -0.3 is 25.4 Å². The minimum atomic E-state index is -1.08. The maximum Gasteiger partial charge on any atom is 0.408 e. The van der Waals surface area contributed by atoms with Gasteiger partial charge in [-0.3, -0.25) is 9.59 Å². The number of carbonyl (C=O) groups is 3. The molecule has 0 aliphatic rings. The standard InChI is InChI=1S/C26H43N3O5S/c1-8-10-11-15-27-23(31)21(19-14-12-13-17(3)22(19)30)29(18(4)9-2)24(32)20(16-35)28-25(33)34-26(5,6)7/h12-14,18,20-21,30,35H,8-11,15-16H2,1-7H3,(H,27,31)(H,28,33). The number of hydrogen-bond donors (Lipinski definition) is 4. The summed E-state index contributed by atoms with van der Waals surface area (Å²) in [7, 11) is 0. The van der Waals surface area contributed by atoms with E-state index in [1.165, 1.54) is 4.90 Å². The molecule has 0 fully saturated rings. The van der Waals surface area contributed by atoms with Crippen molar-refractivity contribution in [1.82, 2.24) is 15.5 Å². The van der Waals surface area contributed by atoms with Crippen molar-refractivity contribution in [2.24, 2.45) is 0 Å². The van der Waals surface area contributed by atoms with Crippen LogP contribution in [0, 0.1) is 6.92 Å². The predicted octanol–water partition coefficient (Wildman–Crippen LogP) is 4.50. The molecule has 0 aromatic heterocycles. The summed E-state index contributed by atoms with van der Waals surface area (Å²) in [5, 5.41) is 16.4. The van der Waals surface area contributed by atoms with Crippen molar-refractivity contribution in [2.75, 3.05) is 12.3 Å². The van der Waals surface area contributed by atoms with Crippen molar-refractivity contribution in [2.45, 2.75) is 97.9 Å². The van der Waals surface area contributed by atoms with E-state index < -0.39 is 29.7 Å². The van der Waals surface area contributed by atoms with Crippen molar-refractivity contribution in [3.8, 4) is 5.75 Å². The molecule has 1 aromatic rings. The molecule has 8 nitrogen and oxygen atoms in total. The molecule has 35 heavy (non-hydrogen) atoms. The van der Waals surface area contributed by atoms with Crippen LogP contribution in [0.4, 0.5) is 4.79 Å². The molecule has 3 atom stereocenters. The Morgan fingerprint density at radius 2 is 1.83 bits per heavy atom. The van der Waals surface area contributed by atoms with Crippen LogP contribution in [0.25, 0.3) is 0 Å². The van der Waals surface area contributed by atoms with Crippen molar-refractivity contribution >= 4 is 30.5 Å². The average Bonchev–Trinajstić information content (AvgIpc) is 2.78. The number of unbranched alkanes of at least 4 members (excludes halogenated alkanes) is 2. The Morgan fingerprint density at radius 1 is 1.17 bits per heavy atom. The SMILES string of the molecule is CCCCCNC(=O)C(c1cccc(C)c1O)N(C(=O)C(CS)NC(=O)OC(C)(C)C)C(C)CC. The minimum Gasteiger partial charge on any atom is -0.507 e. The smallest absolute Gasteiger partial charge is 0.408 e. The number of alkyl carbamates (subject to hydrolysis) is 1. The largest absolute Gasteiger partial charge is 0.507 e. The predicted molar refractivity (Wildman–Crippen MR) is 142 cm³/mol. The third-order valence-corrected chi connectivity index (χ3v) is 6.03. The summed E-state index contributed by atoms with van der Waals surface area (Å²) in [4.78, 5) is 41.2. The van der Waals surface area contributed by atoms with Gasteiger partial charge in [0.15, 0.2) is 0 Å². The zero-order chi connectivity index (χ0) is 26.8. The Kier molecular flexibility index (Phi) is 12.4. The summed E-state index contributed by atoms with van der Waals surface area (Å²) in [6.07, 6.45) is 2.61. The monoisotopic (exact) mass is 509 g/mol. The van der Waals surface area contributed by atoms with Gasteiger partial charge in [-0.2, -0.15) is 12.6 Å². The molecule has 1 aromatic carbocycles. The van der Waals surface area contributed by atoms with Crippen LogP contribution in [0.3, 0.4) is 0 Å². The molecular formula is C26H43N3O5S. The first-order valence-corrected chi connectivity index (χ1v) is 13.0. The van der Waals surface area contributed by atoms with Gasteiger partial charge in [-0.25, -0.2) is 4.79 Å². The van der Waals surface area contributed by atoms with Crippen LogP contribution in [0.2, 0.25) is 0 Å². The first-order chi connectivity index (χ1) is 16.4. The van der Waals surface area contributed by atoms with Gasteiger partial charge in [-0.1, -0.05) is 44.9 Å². The van der Waals surface area contributed by atoms with Gasteiger partial charge in [0.25, 0.3) is 0 Å². The number of thiol groups is 1. The number of nitrogens with zero attached hydrogens (tertiary/aromatic N) is 1. The fourth-order valence-electron chi connectivity index (χ4n) is 3.61. The van der Waals surface area contributed by atoms with Crippen molar-refractivity contribution in [3.63, 3.8) is 0 Å². The highest BCUT2D eigenvalue weighted by molar-refractivity contribution is 7.80. The summed E-state index contributed by atoms with van der Waals surface area (Å²) in [5.74, 6) is -0.888. The second-order valence-electron chi connectivity index (χ2n) is 9.80. The van der Waals surface area contributed by atoms with E-state index in [1.54, 1.807) is 45.9 Å². The van der Waals surface area contributed by atoms with Gasteiger partial charge in [0.1, 0.15) is 23.4 Å². The van der Waals surface area contributed by atoms with Crippen LogP contribution in [-0.4, -0.2) is 57.9 Å². The number of aromatic hydroxyl groups is 1. The highest BCUT2D eigenvalue weighted by atomic mass is 32.1. The van der Waals surface area contributed by atoms with Gasteiger partial charge >= 0.3 is 6.09 Å². The number of aryl methyl sites for hydroxylation is 1. The summed E-state index contributed by atoms with van der Waals surface area (Å²) < 4.78 is 5.32. The zero-order valence-corrected chi connectivity index (χ0v) is 23.1. The minimum absolute atomic E-state index is 0.00957. The number of phenolic OH excluding ortho intramolecular Hbond substituents is 1. The Balaban J connectivity index is 3.44. The second-order valence-corrected chi connectivity index (χ2v) is 10.2. The Labute approximate surface area is 215 Å². The molecule has 0 heterocycles. The van der Waals surface area contributed by atoms with E-state index in [2.05, 4.69) is 30.2 Å². The van der Waals surface area contributed by atoms with Crippen molar-refractivity contribution in [1.29, 1.82) is 0 Å². The van der Waals surface area contributed by atoms with Crippen molar-refractivity contribution < 1.29 is 24.2 Å². The summed E-state index contributed by atoms with van der Waals surface area (Å²) in [5.41, 5.74) is 0.196. The Hall–Kier alpha value is -2.42. The second kappa shape index (κ2) is 14.2. The topological polar surface area (TPSA) is 108 Å². The zero-order valence-electron chi connectivity index (χ0n) is 22.2. The van der Waals surface area contributed by atoms with Crippen LogP contribution in [0.1, 0.15) is 84.4 Å². The normalized spacial score (nSPS) is 13.9. The lowest BCUT2D eigenvalue weighted by atomic mass is 9.97. The number of carbonyl (C=O) groups excluding carboxylic acids is 3. The molecule has 198 valence electrons. The molecule has 3 unspecified atom stereocenters. The molecule has 0 aliphatic carbocycles. The van der Waals surface area contributed by atoms with Gasteiger partial charge in [0, 0.05) is 23.9 Å². The fraction of sp³-hybridized carbons (Fsp3) is 0.654.